The van der Waals surface area contributed by atoms with Crippen LogP contribution < -0.4 is 0 Å². The Morgan fingerprint density at radius 2 is 2.07 bits per heavy atom. The Morgan fingerprint density at radius 1 is 1.50 bits per heavy atom. The van der Waals surface area contributed by atoms with E-state index in [2.05, 4.69) is 41.0 Å². The van der Waals surface area contributed by atoms with Crippen molar-refractivity contribution < 1.29 is 1.43 Å². The second-order valence-corrected chi connectivity index (χ2v) is 4.31. The molecule has 1 aliphatic rings. The molecular formula is C9H21N5. The summed E-state index contributed by atoms with van der Waals surface area (Å²) in [6.07, 6.45) is 2.16. The highest BCUT2D eigenvalue weighted by Gasteiger charge is 2.34. The fraction of sp³-hybridized carbons (Fsp3) is 1.00. The van der Waals surface area contributed by atoms with Crippen LogP contribution in [0.15, 0.2) is 5.11 Å². The molecule has 82 valence electrons. The highest BCUT2D eigenvalue weighted by molar-refractivity contribution is 4.94. The fourth-order valence-electron chi connectivity index (χ4n) is 1.94. The summed E-state index contributed by atoms with van der Waals surface area (Å²) in [5.41, 5.74) is 8.46. The first-order valence-corrected chi connectivity index (χ1v) is 4.97. The molecule has 0 unspecified atom stereocenters. The van der Waals surface area contributed by atoms with Crippen molar-refractivity contribution in [3.05, 3.63) is 10.4 Å². The highest BCUT2D eigenvalue weighted by Crippen LogP contribution is 2.26. The Hall–Kier alpha value is -0.770. The van der Waals surface area contributed by atoms with Gasteiger partial charge in [0.2, 0.25) is 0 Å². The minimum Gasteiger partial charge on any atom is -0.306 e. The predicted octanol–water partition coefficient (Wildman–Crippen LogP) is 1.57. The molecule has 0 aromatic rings. The van der Waals surface area contributed by atoms with Crippen molar-refractivity contribution in [3.8, 4) is 0 Å². The maximum Gasteiger partial charge on any atom is 0.0443 e. The largest absolute Gasteiger partial charge is 0.306 e. The molecule has 0 atom stereocenters. The molecule has 0 amide bonds. The molecule has 5 heteroatoms. The molecule has 0 aromatic heterocycles. The van der Waals surface area contributed by atoms with Crippen LogP contribution in [0.5, 0.6) is 0 Å². The second kappa shape index (κ2) is 4.64. The minimum absolute atomic E-state index is 0. The van der Waals surface area contributed by atoms with Crippen molar-refractivity contribution in [2.45, 2.75) is 18.4 Å². The van der Waals surface area contributed by atoms with Crippen molar-refractivity contribution in [2.75, 3.05) is 40.8 Å². The Labute approximate surface area is 86.8 Å². The van der Waals surface area contributed by atoms with Crippen molar-refractivity contribution in [3.63, 3.8) is 0 Å². The third-order valence-corrected chi connectivity index (χ3v) is 3.29. The lowest BCUT2D eigenvalue weighted by Crippen LogP contribution is -2.53. The van der Waals surface area contributed by atoms with E-state index in [0.717, 1.165) is 25.9 Å². The third-order valence-electron chi connectivity index (χ3n) is 3.29. The summed E-state index contributed by atoms with van der Waals surface area (Å²) in [6, 6.07) is 0. The van der Waals surface area contributed by atoms with Gasteiger partial charge in [-0.2, -0.15) is 0 Å². The number of rotatable bonds is 3. The van der Waals surface area contributed by atoms with Crippen molar-refractivity contribution in [2.24, 2.45) is 5.11 Å². The van der Waals surface area contributed by atoms with Gasteiger partial charge in [-0.15, -0.1) is 0 Å². The zero-order valence-corrected chi connectivity index (χ0v) is 9.27. The summed E-state index contributed by atoms with van der Waals surface area (Å²) in [6.45, 7) is 2.75. The molecule has 0 bridgehead atoms. The van der Waals surface area contributed by atoms with Gasteiger partial charge in [0.05, 0.1) is 0 Å². The van der Waals surface area contributed by atoms with Gasteiger partial charge in [0.25, 0.3) is 0 Å². The van der Waals surface area contributed by atoms with Gasteiger partial charge in [-0.25, -0.2) is 0 Å². The van der Waals surface area contributed by atoms with Crippen molar-refractivity contribution >= 4 is 0 Å². The maximum atomic E-state index is 8.37. The molecule has 0 saturated carbocycles. The van der Waals surface area contributed by atoms with Crippen LogP contribution in [-0.4, -0.2) is 56.1 Å². The van der Waals surface area contributed by atoms with E-state index in [1.165, 1.54) is 0 Å². The smallest absolute Gasteiger partial charge is 0.0443 e. The van der Waals surface area contributed by atoms with Crippen LogP contribution in [0.3, 0.4) is 0 Å². The topological polar surface area (TPSA) is 55.2 Å². The highest BCUT2D eigenvalue weighted by atomic mass is 15.2. The van der Waals surface area contributed by atoms with E-state index in [0.29, 0.717) is 6.54 Å². The Bertz CT molecular complexity index is 229. The Morgan fingerprint density at radius 3 is 2.50 bits per heavy atom. The zero-order valence-electron chi connectivity index (χ0n) is 9.27. The molecule has 0 spiro atoms. The number of piperidine rings is 1. The van der Waals surface area contributed by atoms with Crippen LogP contribution in [0.2, 0.25) is 0 Å². The molecule has 1 fully saturated rings. The van der Waals surface area contributed by atoms with Crippen LogP contribution in [0.1, 0.15) is 14.3 Å². The van der Waals surface area contributed by atoms with Gasteiger partial charge in [-0.1, -0.05) is 5.11 Å². The number of likely N-dealkylation sites (tertiary alicyclic amines) is 1. The summed E-state index contributed by atoms with van der Waals surface area (Å²) in [4.78, 5) is 7.38. The number of hydrogen-bond acceptors (Lipinski definition) is 3. The summed E-state index contributed by atoms with van der Waals surface area (Å²) in [7, 11) is 6.27. The average molecular weight is 200 g/mol. The SMILES string of the molecule is CN1CCC(CN=[N+]=[N-])(N(C)C)CC1.[2HH]. The van der Waals surface area contributed by atoms with E-state index in [9.17, 15) is 0 Å². The number of azide groups is 1. The molecule has 0 aromatic carbocycles. The number of nitrogens with zero attached hydrogens (tertiary/aromatic N) is 5. The molecule has 0 radical (unpaired) electrons. The standard InChI is InChI=1S/C9H19N5.H2/c1-13(2)9(8-11-12-10)4-6-14(3)7-5-9;/h4-8H2,1-3H3;1H/i;1+1. The van der Waals surface area contributed by atoms with Gasteiger partial charge in [-0.05, 0) is 52.6 Å². The molecule has 1 heterocycles. The van der Waals surface area contributed by atoms with Crippen LogP contribution in [0, 0.1) is 0 Å². The first kappa shape index (κ1) is 11.3. The van der Waals surface area contributed by atoms with Gasteiger partial charge in [0, 0.05) is 18.4 Å². The van der Waals surface area contributed by atoms with Crippen LogP contribution in [0.25, 0.3) is 10.4 Å². The quantitative estimate of drug-likeness (QED) is 0.394. The molecule has 1 saturated heterocycles. The van der Waals surface area contributed by atoms with Gasteiger partial charge in [0.1, 0.15) is 0 Å². The lowest BCUT2D eigenvalue weighted by atomic mass is 9.86. The second-order valence-electron chi connectivity index (χ2n) is 4.31. The molecule has 14 heavy (non-hydrogen) atoms. The maximum absolute atomic E-state index is 8.37. The van der Waals surface area contributed by atoms with E-state index < -0.39 is 0 Å². The van der Waals surface area contributed by atoms with Crippen molar-refractivity contribution in [1.82, 2.24) is 9.80 Å². The Balaban J connectivity index is 0.00000196. The molecule has 0 aliphatic carbocycles. The summed E-state index contributed by atoms with van der Waals surface area (Å²) < 4.78 is 0. The van der Waals surface area contributed by atoms with E-state index in [-0.39, 0.29) is 6.97 Å². The lowest BCUT2D eigenvalue weighted by Gasteiger charge is -2.44. The van der Waals surface area contributed by atoms with Gasteiger partial charge < -0.3 is 9.80 Å². The lowest BCUT2D eigenvalue weighted by molar-refractivity contribution is 0.0739. The molecule has 5 nitrogen and oxygen atoms in total. The third kappa shape index (κ3) is 2.38. The van der Waals surface area contributed by atoms with Crippen LogP contribution in [0.4, 0.5) is 0 Å². The normalized spacial score (nSPS) is 22.0. The monoisotopic (exact) mass is 200 g/mol. The van der Waals surface area contributed by atoms with E-state index in [4.69, 9.17) is 5.53 Å². The van der Waals surface area contributed by atoms with Gasteiger partial charge in [0.15, 0.2) is 0 Å². The van der Waals surface area contributed by atoms with E-state index >= 15 is 0 Å². The van der Waals surface area contributed by atoms with Gasteiger partial charge in [-0.3, -0.25) is 0 Å². The molecule has 1 rings (SSSR count). The zero-order chi connectivity index (χ0) is 10.6. The van der Waals surface area contributed by atoms with Gasteiger partial charge >= 0.3 is 0 Å². The van der Waals surface area contributed by atoms with E-state index in [1.807, 2.05) is 0 Å². The first-order chi connectivity index (χ1) is 6.60. The molecule has 1 aliphatic heterocycles. The van der Waals surface area contributed by atoms with E-state index in [1.54, 1.807) is 0 Å². The molecule has 0 N–H and O–H groups in total. The fourth-order valence-corrected chi connectivity index (χ4v) is 1.94. The number of likely N-dealkylation sites (N-methyl/N-ethyl adjacent to an activating group) is 1. The predicted molar refractivity (Wildman–Crippen MR) is 59.3 cm³/mol. The molecular weight excluding hydrogens is 178 g/mol. The average Bonchev–Trinajstić information content (AvgIpc) is 2.17. The summed E-state index contributed by atoms with van der Waals surface area (Å²) in [5, 5.41) is 3.73. The minimum atomic E-state index is 0. The van der Waals surface area contributed by atoms with Crippen LogP contribution in [-0.2, 0) is 0 Å². The van der Waals surface area contributed by atoms with Crippen molar-refractivity contribution in [1.29, 1.82) is 0 Å². The number of hydrogen-bond donors (Lipinski definition) is 0. The summed E-state index contributed by atoms with van der Waals surface area (Å²) in [5.74, 6) is 0. The summed E-state index contributed by atoms with van der Waals surface area (Å²) >= 11 is 0. The first-order valence-electron chi connectivity index (χ1n) is 4.97. The Kier molecular flexibility index (Phi) is 3.75. The van der Waals surface area contributed by atoms with Crippen LogP contribution >= 0.6 is 0 Å².